The Bertz CT molecular complexity index is 1010. The van der Waals surface area contributed by atoms with E-state index in [1.165, 1.54) is 0 Å². The summed E-state index contributed by atoms with van der Waals surface area (Å²) in [5.74, 6) is 1.08. The number of nitrogens with zero attached hydrogens (tertiary/aromatic N) is 3. The molecular weight excluding hydrogens is 380 g/mol. The van der Waals surface area contributed by atoms with Crippen LogP contribution in [0, 0.1) is 22.7 Å². The Labute approximate surface area is 176 Å². The van der Waals surface area contributed by atoms with Crippen LogP contribution in [0.3, 0.4) is 0 Å². The van der Waals surface area contributed by atoms with Gasteiger partial charge in [0.05, 0.1) is 13.2 Å². The van der Waals surface area contributed by atoms with Crippen molar-refractivity contribution in [3.63, 3.8) is 0 Å². The highest BCUT2D eigenvalue weighted by Crippen LogP contribution is 2.37. The van der Waals surface area contributed by atoms with Crippen LogP contribution in [0.25, 0.3) is 0 Å². The molecule has 1 aliphatic heterocycles. The lowest BCUT2D eigenvalue weighted by atomic mass is 9.98. The maximum atomic E-state index is 12.7. The van der Waals surface area contributed by atoms with E-state index in [0.29, 0.717) is 24.5 Å². The summed E-state index contributed by atoms with van der Waals surface area (Å²) in [4.78, 5) is 14.5. The van der Waals surface area contributed by atoms with E-state index >= 15 is 0 Å². The van der Waals surface area contributed by atoms with Crippen molar-refractivity contribution in [1.29, 1.82) is 10.5 Å². The number of methoxy groups -OCH3 is 1. The minimum absolute atomic E-state index is 0.00204. The highest BCUT2D eigenvalue weighted by molar-refractivity contribution is 5.97. The molecule has 7 nitrogen and oxygen atoms in total. The smallest absolute Gasteiger partial charge is 0.227 e. The third-order valence-corrected chi connectivity index (χ3v) is 5.00. The highest BCUT2D eigenvalue weighted by atomic mass is 16.5. The van der Waals surface area contributed by atoms with E-state index in [-0.39, 0.29) is 17.9 Å². The molecule has 0 radical (unpaired) electrons. The molecular formula is C23H24N4O3. The van der Waals surface area contributed by atoms with Crippen molar-refractivity contribution in [2.45, 2.75) is 38.3 Å². The molecule has 2 unspecified atom stereocenters. The average Bonchev–Trinajstić information content (AvgIpc) is 3.15. The second-order valence-corrected chi connectivity index (χ2v) is 7.25. The number of anilines is 2. The Balaban J connectivity index is 1.81. The normalized spacial score (nSPS) is 17.6. The monoisotopic (exact) mass is 404 g/mol. The predicted molar refractivity (Wildman–Crippen MR) is 114 cm³/mol. The number of carbonyl (C=O) groups excluding carboxylic acids is 1. The molecule has 1 aliphatic rings. The van der Waals surface area contributed by atoms with Crippen molar-refractivity contribution in [1.82, 2.24) is 0 Å². The summed E-state index contributed by atoms with van der Waals surface area (Å²) in [6, 6.07) is 16.9. The van der Waals surface area contributed by atoms with Gasteiger partial charge in [0, 0.05) is 30.3 Å². The number of rotatable bonds is 7. The van der Waals surface area contributed by atoms with Gasteiger partial charge in [0.25, 0.3) is 0 Å². The van der Waals surface area contributed by atoms with Gasteiger partial charge in [-0.15, -0.1) is 0 Å². The van der Waals surface area contributed by atoms with Gasteiger partial charge in [0.1, 0.15) is 12.1 Å². The van der Waals surface area contributed by atoms with Crippen LogP contribution in [0.4, 0.5) is 11.4 Å². The first-order chi connectivity index (χ1) is 14.4. The molecule has 1 fully saturated rings. The van der Waals surface area contributed by atoms with Crippen molar-refractivity contribution >= 4 is 17.3 Å². The lowest BCUT2D eigenvalue weighted by molar-refractivity contribution is -0.117. The zero-order valence-corrected chi connectivity index (χ0v) is 17.3. The van der Waals surface area contributed by atoms with E-state index in [0.717, 1.165) is 16.9 Å². The summed E-state index contributed by atoms with van der Waals surface area (Å²) in [5.41, 5.74) is 2.54. The molecule has 1 amide bonds. The van der Waals surface area contributed by atoms with Crippen LogP contribution < -0.4 is 19.7 Å². The quantitative estimate of drug-likeness (QED) is 0.753. The van der Waals surface area contributed by atoms with Gasteiger partial charge in [-0.1, -0.05) is 12.1 Å². The summed E-state index contributed by atoms with van der Waals surface area (Å²) in [7, 11) is 1.55. The number of hydrogen-bond acceptors (Lipinski definition) is 6. The van der Waals surface area contributed by atoms with E-state index in [1.54, 1.807) is 31.9 Å². The second-order valence-electron chi connectivity index (χ2n) is 7.25. The molecule has 30 heavy (non-hydrogen) atoms. The summed E-state index contributed by atoms with van der Waals surface area (Å²) in [6.45, 7) is 3.98. The summed E-state index contributed by atoms with van der Waals surface area (Å²) >= 11 is 0. The topological polar surface area (TPSA) is 98.4 Å². The second kappa shape index (κ2) is 9.19. The minimum Gasteiger partial charge on any atom is -0.493 e. The Hall–Kier alpha value is -3.71. The van der Waals surface area contributed by atoms with Crippen LogP contribution >= 0.6 is 0 Å². The van der Waals surface area contributed by atoms with Crippen molar-refractivity contribution in [3.05, 3.63) is 48.0 Å². The van der Waals surface area contributed by atoms with Crippen LogP contribution in [0.5, 0.6) is 11.5 Å². The Morgan fingerprint density at radius 3 is 2.63 bits per heavy atom. The largest absolute Gasteiger partial charge is 0.493 e. The molecule has 3 atom stereocenters. The molecule has 1 saturated heterocycles. The molecule has 2 aromatic carbocycles. The lowest BCUT2D eigenvalue weighted by Crippen LogP contribution is -2.24. The fourth-order valence-electron chi connectivity index (χ4n) is 3.48. The van der Waals surface area contributed by atoms with E-state index in [4.69, 9.17) is 20.0 Å². The van der Waals surface area contributed by atoms with Crippen molar-refractivity contribution in [2.24, 2.45) is 0 Å². The van der Waals surface area contributed by atoms with Crippen LogP contribution in [0.1, 0.15) is 31.7 Å². The molecule has 0 aromatic heterocycles. The number of nitrogens with one attached hydrogen (secondary N) is 1. The van der Waals surface area contributed by atoms with Gasteiger partial charge in [-0.2, -0.15) is 10.5 Å². The van der Waals surface area contributed by atoms with Crippen LogP contribution in [0.2, 0.25) is 0 Å². The number of carbonyl (C=O) groups is 1. The Morgan fingerprint density at radius 1 is 1.13 bits per heavy atom. The molecule has 2 aromatic rings. The highest BCUT2D eigenvalue weighted by Gasteiger charge is 2.32. The average molecular weight is 404 g/mol. The maximum Gasteiger partial charge on any atom is 0.227 e. The molecule has 3 rings (SSSR count). The van der Waals surface area contributed by atoms with E-state index in [1.807, 2.05) is 42.5 Å². The summed E-state index contributed by atoms with van der Waals surface area (Å²) < 4.78 is 11.0. The minimum atomic E-state index is -0.609. The van der Waals surface area contributed by atoms with E-state index in [2.05, 4.69) is 11.4 Å². The van der Waals surface area contributed by atoms with Gasteiger partial charge in [0.2, 0.25) is 5.91 Å². The Morgan fingerprint density at radius 2 is 1.93 bits per heavy atom. The fourth-order valence-corrected chi connectivity index (χ4v) is 3.48. The van der Waals surface area contributed by atoms with Gasteiger partial charge in [-0.3, -0.25) is 4.79 Å². The van der Waals surface area contributed by atoms with Crippen LogP contribution in [-0.4, -0.2) is 31.7 Å². The summed E-state index contributed by atoms with van der Waals surface area (Å²) in [6.07, 6.45) is -0.229. The van der Waals surface area contributed by atoms with E-state index < -0.39 is 6.10 Å². The lowest BCUT2D eigenvalue weighted by Gasteiger charge is -2.19. The molecule has 1 N–H and O–H groups in total. The number of ether oxygens (including phenoxy) is 2. The van der Waals surface area contributed by atoms with Crippen molar-refractivity contribution in [2.75, 3.05) is 23.9 Å². The van der Waals surface area contributed by atoms with E-state index in [9.17, 15) is 4.79 Å². The molecule has 0 spiro atoms. The van der Waals surface area contributed by atoms with Gasteiger partial charge in [-0.05, 0) is 49.7 Å². The number of benzene rings is 2. The zero-order chi connectivity index (χ0) is 21.7. The predicted octanol–water partition coefficient (Wildman–Crippen LogP) is 3.83. The SMILES string of the molecule is COc1ccc([C@H]2CC(=O)N(c3cccc(NC(C)C#N)c3)C2)cc1OC(C)C#N. The van der Waals surface area contributed by atoms with Gasteiger partial charge >= 0.3 is 0 Å². The molecule has 154 valence electrons. The first kappa shape index (κ1) is 21.0. The standard InChI is InChI=1S/C23H24N4O3/c1-15(12-24)26-19-5-4-6-20(11-19)27-14-18(10-23(27)28)17-7-8-21(29-3)22(9-17)30-16(2)13-25/h4-9,11,15-16,18,26H,10,14H2,1-3H3/t15?,16?,18-/m0/s1. The number of nitriles is 2. The fraction of sp³-hybridized carbons (Fsp3) is 0.348. The first-order valence-electron chi connectivity index (χ1n) is 9.76. The molecule has 7 heteroatoms. The van der Waals surface area contributed by atoms with Gasteiger partial charge in [0.15, 0.2) is 17.6 Å². The third kappa shape index (κ3) is 4.64. The number of hydrogen-bond donors (Lipinski definition) is 1. The first-order valence-corrected chi connectivity index (χ1v) is 9.76. The Kier molecular flexibility index (Phi) is 6.44. The third-order valence-electron chi connectivity index (χ3n) is 5.00. The summed E-state index contributed by atoms with van der Waals surface area (Å²) in [5, 5.41) is 21.1. The molecule has 1 heterocycles. The van der Waals surface area contributed by atoms with Gasteiger partial charge < -0.3 is 19.7 Å². The van der Waals surface area contributed by atoms with Crippen LogP contribution in [-0.2, 0) is 4.79 Å². The van der Waals surface area contributed by atoms with Crippen molar-refractivity contribution < 1.29 is 14.3 Å². The maximum absolute atomic E-state index is 12.7. The molecule has 0 bridgehead atoms. The molecule has 0 saturated carbocycles. The number of amides is 1. The zero-order valence-electron chi connectivity index (χ0n) is 17.3. The van der Waals surface area contributed by atoms with Gasteiger partial charge in [-0.25, -0.2) is 0 Å². The molecule has 0 aliphatic carbocycles. The van der Waals surface area contributed by atoms with Crippen molar-refractivity contribution in [3.8, 4) is 23.6 Å². The van der Waals surface area contributed by atoms with Crippen LogP contribution in [0.15, 0.2) is 42.5 Å².